The lowest BCUT2D eigenvalue weighted by Gasteiger charge is -2.12. The third-order valence-electron chi connectivity index (χ3n) is 4.56. The molecule has 1 aromatic carbocycles. The second-order valence-electron chi connectivity index (χ2n) is 6.15. The van der Waals surface area contributed by atoms with Crippen molar-refractivity contribution in [3.05, 3.63) is 61.1 Å². The minimum absolute atomic E-state index is 0.694. The lowest BCUT2D eigenvalue weighted by atomic mass is 10.2. The fourth-order valence-corrected chi connectivity index (χ4v) is 3.13. The van der Waals surface area contributed by atoms with Crippen LogP contribution in [0.2, 0.25) is 0 Å². The second-order valence-corrected chi connectivity index (χ2v) is 6.15. The zero-order valence-electron chi connectivity index (χ0n) is 15.4. The van der Waals surface area contributed by atoms with Gasteiger partial charge in [0.15, 0.2) is 0 Å². The summed E-state index contributed by atoms with van der Waals surface area (Å²) in [7, 11) is 5.31. The van der Waals surface area contributed by atoms with E-state index in [1.165, 1.54) is 0 Å². The molecule has 0 spiro atoms. The largest absolute Gasteiger partial charge is 0.497 e. The van der Waals surface area contributed by atoms with Gasteiger partial charge in [0.1, 0.15) is 17.3 Å². The Hall–Kier alpha value is -3.54. The highest BCUT2D eigenvalue weighted by molar-refractivity contribution is 5.88. The molecule has 6 nitrogen and oxygen atoms in total. The first-order valence-electron chi connectivity index (χ1n) is 8.54. The van der Waals surface area contributed by atoms with Crippen LogP contribution in [0.5, 0.6) is 11.5 Å². The molecule has 0 aliphatic heterocycles. The van der Waals surface area contributed by atoms with Crippen molar-refractivity contribution < 1.29 is 9.47 Å². The predicted octanol–water partition coefficient (Wildman–Crippen LogP) is 4.40. The average molecular weight is 360 g/mol. The highest BCUT2D eigenvalue weighted by Crippen LogP contribution is 2.32. The quantitative estimate of drug-likeness (QED) is 0.572. The predicted molar refractivity (Wildman–Crippen MR) is 107 cm³/mol. The Morgan fingerprint density at radius 2 is 1.89 bits per heavy atom. The Bertz CT molecular complexity index is 1090. The molecule has 136 valence electrons. The van der Waals surface area contributed by atoms with Gasteiger partial charge in [-0.05, 0) is 30.3 Å². The molecule has 4 rings (SSSR count). The van der Waals surface area contributed by atoms with Crippen LogP contribution >= 0.6 is 0 Å². The van der Waals surface area contributed by atoms with E-state index < -0.39 is 0 Å². The van der Waals surface area contributed by atoms with E-state index in [0.717, 1.165) is 39.4 Å². The van der Waals surface area contributed by atoms with E-state index in [1.807, 2.05) is 49.8 Å². The van der Waals surface area contributed by atoms with Gasteiger partial charge in [-0.25, -0.2) is 4.98 Å². The van der Waals surface area contributed by atoms with E-state index in [9.17, 15) is 0 Å². The standard InChI is InChI=1S/C21H20N4O2/c1-25-18(14-5-4-8-22-12-14)9-15-13-23-21(11-19(15)25)24-17-7-6-16(26-2)10-20(17)27-3/h4-13H,1-3H3,(H,23,24). The zero-order chi connectivity index (χ0) is 18.8. The van der Waals surface area contributed by atoms with Crippen molar-refractivity contribution in [1.29, 1.82) is 0 Å². The van der Waals surface area contributed by atoms with Gasteiger partial charge in [0.25, 0.3) is 0 Å². The maximum atomic E-state index is 5.45. The van der Waals surface area contributed by atoms with Crippen molar-refractivity contribution in [3.63, 3.8) is 0 Å². The van der Waals surface area contributed by atoms with Crippen molar-refractivity contribution in [3.8, 4) is 22.8 Å². The van der Waals surface area contributed by atoms with E-state index >= 15 is 0 Å². The molecule has 0 saturated heterocycles. The van der Waals surface area contributed by atoms with Crippen LogP contribution in [0.3, 0.4) is 0 Å². The molecule has 6 heteroatoms. The second kappa shape index (κ2) is 6.99. The molecule has 0 bridgehead atoms. The number of methoxy groups -OCH3 is 2. The number of benzene rings is 1. The van der Waals surface area contributed by atoms with Crippen LogP contribution in [-0.2, 0) is 7.05 Å². The molecule has 0 fully saturated rings. The number of rotatable bonds is 5. The number of hydrogen-bond donors (Lipinski definition) is 1. The number of hydrogen-bond acceptors (Lipinski definition) is 5. The Morgan fingerprint density at radius 1 is 1.00 bits per heavy atom. The number of aromatic nitrogens is 3. The summed E-state index contributed by atoms with van der Waals surface area (Å²) >= 11 is 0. The molecule has 27 heavy (non-hydrogen) atoms. The number of pyridine rings is 2. The number of fused-ring (bicyclic) bond motifs is 1. The van der Waals surface area contributed by atoms with Gasteiger partial charge in [-0.15, -0.1) is 0 Å². The summed E-state index contributed by atoms with van der Waals surface area (Å²) in [6.45, 7) is 0. The lowest BCUT2D eigenvalue weighted by molar-refractivity contribution is 0.395. The SMILES string of the molecule is COc1ccc(Nc2cc3c(cn2)cc(-c2cccnc2)n3C)c(OC)c1. The van der Waals surface area contributed by atoms with E-state index in [4.69, 9.17) is 9.47 Å². The van der Waals surface area contributed by atoms with Gasteiger partial charge in [0, 0.05) is 48.7 Å². The Morgan fingerprint density at radius 3 is 2.63 bits per heavy atom. The maximum Gasteiger partial charge on any atom is 0.146 e. The van der Waals surface area contributed by atoms with E-state index in [0.29, 0.717) is 5.75 Å². The summed E-state index contributed by atoms with van der Waals surface area (Å²) in [5.41, 5.74) is 4.08. The Kier molecular flexibility index (Phi) is 4.38. The normalized spacial score (nSPS) is 10.8. The summed E-state index contributed by atoms with van der Waals surface area (Å²) in [4.78, 5) is 8.75. The third-order valence-corrected chi connectivity index (χ3v) is 4.56. The molecule has 0 aliphatic rings. The first kappa shape index (κ1) is 16.9. The average Bonchev–Trinajstić information content (AvgIpc) is 3.05. The molecular formula is C21H20N4O2. The zero-order valence-corrected chi connectivity index (χ0v) is 15.4. The number of nitrogens with one attached hydrogen (secondary N) is 1. The topological polar surface area (TPSA) is 61.2 Å². The Balaban J connectivity index is 1.71. The van der Waals surface area contributed by atoms with Gasteiger partial charge in [-0.3, -0.25) is 4.98 Å². The van der Waals surface area contributed by atoms with E-state index in [2.05, 4.69) is 32.0 Å². The minimum atomic E-state index is 0.694. The van der Waals surface area contributed by atoms with Crippen LogP contribution in [0.25, 0.3) is 22.2 Å². The van der Waals surface area contributed by atoms with Crippen LogP contribution in [0, 0.1) is 0 Å². The highest BCUT2D eigenvalue weighted by Gasteiger charge is 2.11. The molecule has 1 N–H and O–H groups in total. The molecule has 0 amide bonds. The summed E-state index contributed by atoms with van der Waals surface area (Å²) in [5, 5.41) is 4.40. The van der Waals surface area contributed by atoms with Crippen molar-refractivity contribution in [2.24, 2.45) is 7.05 Å². The summed E-state index contributed by atoms with van der Waals surface area (Å²) in [6, 6.07) is 13.8. The van der Waals surface area contributed by atoms with Gasteiger partial charge in [-0.1, -0.05) is 0 Å². The van der Waals surface area contributed by atoms with Crippen LogP contribution in [0.1, 0.15) is 0 Å². The maximum absolute atomic E-state index is 5.45. The monoisotopic (exact) mass is 360 g/mol. The molecule has 4 aromatic rings. The van der Waals surface area contributed by atoms with Crippen molar-refractivity contribution in [2.75, 3.05) is 19.5 Å². The van der Waals surface area contributed by atoms with Crippen molar-refractivity contribution >= 4 is 22.4 Å². The third kappa shape index (κ3) is 3.17. The summed E-state index contributed by atoms with van der Waals surface area (Å²) < 4.78 is 12.8. The first-order chi connectivity index (χ1) is 13.2. The van der Waals surface area contributed by atoms with Crippen LogP contribution < -0.4 is 14.8 Å². The van der Waals surface area contributed by atoms with E-state index in [1.54, 1.807) is 20.4 Å². The van der Waals surface area contributed by atoms with Gasteiger partial charge >= 0.3 is 0 Å². The summed E-state index contributed by atoms with van der Waals surface area (Å²) in [6.07, 6.45) is 5.51. The molecule has 0 aliphatic carbocycles. The fraction of sp³-hybridized carbons (Fsp3) is 0.143. The lowest BCUT2D eigenvalue weighted by Crippen LogP contribution is -1.98. The first-order valence-corrected chi connectivity index (χ1v) is 8.54. The van der Waals surface area contributed by atoms with Crippen LogP contribution in [-0.4, -0.2) is 28.8 Å². The molecular weight excluding hydrogens is 340 g/mol. The number of aryl methyl sites for hydroxylation is 1. The highest BCUT2D eigenvalue weighted by atomic mass is 16.5. The van der Waals surface area contributed by atoms with Crippen LogP contribution in [0.4, 0.5) is 11.5 Å². The molecule has 0 unspecified atom stereocenters. The van der Waals surface area contributed by atoms with Gasteiger partial charge < -0.3 is 19.4 Å². The van der Waals surface area contributed by atoms with E-state index in [-0.39, 0.29) is 0 Å². The smallest absolute Gasteiger partial charge is 0.146 e. The molecule has 3 aromatic heterocycles. The Labute approximate surface area is 157 Å². The molecule has 0 atom stereocenters. The minimum Gasteiger partial charge on any atom is -0.497 e. The number of ether oxygens (including phenoxy) is 2. The number of nitrogens with zero attached hydrogens (tertiary/aromatic N) is 3. The molecule has 0 radical (unpaired) electrons. The van der Waals surface area contributed by atoms with Gasteiger partial charge in [-0.2, -0.15) is 0 Å². The molecule has 3 heterocycles. The van der Waals surface area contributed by atoms with Crippen molar-refractivity contribution in [2.45, 2.75) is 0 Å². The van der Waals surface area contributed by atoms with Crippen molar-refractivity contribution in [1.82, 2.24) is 14.5 Å². The molecule has 0 saturated carbocycles. The van der Waals surface area contributed by atoms with Gasteiger partial charge in [0.05, 0.1) is 31.1 Å². The fourth-order valence-electron chi connectivity index (χ4n) is 3.13. The van der Waals surface area contributed by atoms with Gasteiger partial charge in [0.2, 0.25) is 0 Å². The number of anilines is 2. The summed E-state index contributed by atoms with van der Waals surface area (Å²) in [5.74, 6) is 2.17. The van der Waals surface area contributed by atoms with Crippen LogP contribution in [0.15, 0.2) is 61.1 Å².